The predicted molar refractivity (Wildman–Crippen MR) is 82.7 cm³/mol. The van der Waals surface area contributed by atoms with Crippen LogP contribution in [0.25, 0.3) is 0 Å². The number of carboxylic acids is 1. The molecule has 2 rings (SSSR count). The molecule has 21 heavy (non-hydrogen) atoms. The maximum absolute atomic E-state index is 11.3. The number of hydrogen-bond donors (Lipinski definition) is 2. The number of hydrogen-bond acceptors (Lipinski definition) is 2. The van der Waals surface area contributed by atoms with E-state index in [1.54, 1.807) is 18.2 Å². The lowest BCUT2D eigenvalue weighted by Crippen LogP contribution is -2.08. The first kappa shape index (κ1) is 15.3. The number of aryl methyl sites for hydroxylation is 2. The molecule has 3 heteroatoms. The fourth-order valence-corrected chi connectivity index (χ4v) is 2.60. The van der Waals surface area contributed by atoms with Gasteiger partial charge < -0.3 is 10.2 Å². The van der Waals surface area contributed by atoms with Crippen LogP contribution in [0.5, 0.6) is 0 Å². The number of aliphatic hydroxyl groups is 1. The molecule has 2 aromatic rings. The van der Waals surface area contributed by atoms with E-state index in [1.807, 2.05) is 18.2 Å². The van der Waals surface area contributed by atoms with Crippen molar-refractivity contribution in [2.24, 2.45) is 0 Å². The third kappa shape index (κ3) is 3.14. The minimum atomic E-state index is -1.02. The maximum Gasteiger partial charge on any atom is 0.336 e. The van der Waals surface area contributed by atoms with E-state index >= 15 is 0 Å². The average molecular weight is 284 g/mol. The SMILES string of the molecule is CCc1ccc(C(O)c2ccccc2C(=O)O)cc1CC. The fourth-order valence-electron chi connectivity index (χ4n) is 2.60. The van der Waals surface area contributed by atoms with Gasteiger partial charge in [0.05, 0.1) is 5.56 Å². The van der Waals surface area contributed by atoms with Gasteiger partial charge >= 0.3 is 5.97 Å². The summed E-state index contributed by atoms with van der Waals surface area (Å²) in [6.07, 6.45) is 0.920. The second kappa shape index (κ2) is 6.55. The number of carbonyl (C=O) groups is 1. The molecule has 2 aromatic carbocycles. The second-order valence-electron chi connectivity index (χ2n) is 5.03. The predicted octanol–water partition coefficient (Wildman–Crippen LogP) is 3.59. The van der Waals surface area contributed by atoms with Gasteiger partial charge in [0, 0.05) is 0 Å². The van der Waals surface area contributed by atoms with Crippen molar-refractivity contribution in [1.82, 2.24) is 0 Å². The molecule has 0 bridgehead atoms. The van der Waals surface area contributed by atoms with Gasteiger partial charge in [-0.05, 0) is 41.2 Å². The summed E-state index contributed by atoms with van der Waals surface area (Å²) in [6, 6.07) is 12.4. The van der Waals surface area contributed by atoms with E-state index in [1.165, 1.54) is 17.2 Å². The van der Waals surface area contributed by atoms with Crippen molar-refractivity contribution < 1.29 is 15.0 Å². The molecule has 3 nitrogen and oxygen atoms in total. The van der Waals surface area contributed by atoms with Crippen molar-refractivity contribution in [2.75, 3.05) is 0 Å². The molecule has 1 unspecified atom stereocenters. The van der Waals surface area contributed by atoms with E-state index in [2.05, 4.69) is 13.8 Å². The summed E-state index contributed by atoms with van der Waals surface area (Å²) in [6.45, 7) is 4.18. The van der Waals surface area contributed by atoms with Crippen LogP contribution in [0, 0.1) is 0 Å². The monoisotopic (exact) mass is 284 g/mol. The van der Waals surface area contributed by atoms with Crippen molar-refractivity contribution in [3.05, 3.63) is 70.3 Å². The van der Waals surface area contributed by atoms with Gasteiger partial charge in [-0.1, -0.05) is 50.2 Å². The molecule has 0 aliphatic heterocycles. The third-order valence-electron chi connectivity index (χ3n) is 3.79. The standard InChI is InChI=1S/C18H20O3/c1-3-12-9-10-14(11-13(12)4-2)17(19)15-7-5-6-8-16(15)18(20)21/h5-11,17,19H,3-4H2,1-2H3,(H,20,21). The first-order chi connectivity index (χ1) is 10.1. The van der Waals surface area contributed by atoms with Crippen LogP contribution in [0.3, 0.4) is 0 Å². The Morgan fingerprint density at radius 2 is 1.71 bits per heavy atom. The Morgan fingerprint density at radius 3 is 2.33 bits per heavy atom. The fraction of sp³-hybridized carbons (Fsp3) is 0.278. The van der Waals surface area contributed by atoms with Gasteiger partial charge in [0.15, 0.2) is 0 Å². The molecule has 0 fully saturated rings. The van der Waals surface area contributed by atoms with Crippen LogP contribution in [0.1, 0.15) is 52.6 Å². The van der Waals surface area contributed by atoms with Crippen molar-refractivity contribution >= 4 is 5.97 Å². The second-order valence-corrected chi connectivity index (χ2v) is 5.03. The number of aromatic carboxylic acids is 1. The lowest BCUT2D eigenvalue weighted by atomic mass is 9.93. The van der Waals surface area contributed by atoms with Crippen molar-refractivity contribution in [3.63, 3.8) is 0 Å². The molecule has 0 aliphatic carbocycles. The summed E-state index contributed by atoms with van der Waals surface area (Å²) in [5.74, 6) is -1.02. The zero-order valence-electron chi connectivity index (χ0n) is 12.3. The average Bonchev–Trinajstić information content (AvgIpc) is 2.53. The van der Waals surface area contributed by atoms with Crippen LogP contribution < -0.4 is 0 Å². The summed E-state index contributed by atoms with van der Waals surface area (Å²) in [4.78, 5) is 11.3. The Balaban J connectivity index is 2.45. The molecular weight excluding hydrogens is 264 g/mol. The topological polar surface area (TPSA) is 57.5 Å². The highest BCUT2D eigenvalue weighted by atomic mass is 16.4. The minimum Gasteiger partial charge on any atom is -0.478 e. The van der Waals surface area contributed by atoms with E-state index in [-0.39, 0.29) is 5.56 Å². The molecule has 0 amide bonds. The summed E-state index contributed by atoms with van der Waals surface area (Å²) >= 11 is 0. The number of rotatable bonds is 5. The minimum absolute atomic E-state index is 0.141. The van der Waals surface area contributed by atoms with Gasteiger partial charge in [-0.25, -0.2) is 4.79 Å². The van der Waals surface area contributed by atoms with E-state index < -0.39 is 12.1 Å². The molecule has 0 saturated carbocycles. The van der Waals surface area contributed by atoms with Gasteiger partial charge in [-0.2, -0.15) is 0 Å². The number of aliphatic hydroxyl groups excluding tert-OH is 1. The van der Waals surface area contributed by atoms with Gasteiger partial charge in [-0.15, -0.1) is 0 Å². The molecule has 0 heterocycles. The first-order valence-corrected chi connectivity index (χ1v) is 7.20. The van der Waals surface area contributed by atoms with Gasteiger partial charge in [0.2, 0.25) is 0 Å². The zero-order chi connectivity index (χ0) is 15.4. The Morgan fingerprint density at radius 1 is 1.05 bits per heavy atom. The van der Waals surface area contributed by atoms with Gasteiger partial charge in [0.25, 0.3) is 0 Å². The first-order valence-electron chi connectivity index (χ1n) is 7.20. The van der Waals surface area contributed by atoms with Crippen LogP contribution in [-0.4, -0.2) is 16.2 Å². The molecule has 0 radical (unpaired) electrons. The Hall–Kier alpha value is -2.13. The smallest absolute Gasteiger partial charge is 0.336 e. The Bertz CT molecular complexity index is 647. The van der Waals surface area contributed by atoms with Crippen molar-refractivity contribution in [3.8, 4) is 0 Å². The van der Waals surface area contributed by atoms with E-state index in [0.717, 1.165) is 18.4 Å². The lowest BCUT2D eigenvalue weighted by molar-refractivity contribution is 0.0691. The number of benzene rings is 2. The quantitative estimate of drug-likeness (QED) is 0.882. The molecule has 0 aromatic heterocycles. The van der Waals surface area contributed by atoms with E-state index in [4.69, 9.17) is 0 Å². The highest BCUT2D eigenvalue weighted by Gasteiger charge is 2.18. The van der Waals surface area contributed by atoms with Crippen molar-refractivity contribution in [2.45, 2.75) is 32.8 Å². The normalized spacial score (nSPS) is 12.1. The van der Waals surface area contributed by atoms with Gasteiger partial charge in [0.1, 0.15) is 6.10 Å². The molecular formula is C18H20O3. The highest BCUT2D eigenvalue weighted by molar-refractivity contribution is 5.89. The van der Waals surface area contributed by atoms with Crippen LogP contribution in [0.15, 0.2) is 42.5 Å². The highest BCUT2D eigenvalue weighted by Crippen LogP contribution is 2.27. The summed E-state index contributed by atoms with van der Waals surface area (Å²) in [7, 11) is 0. The van der Waals surface area contributed by atoms with Crippen LogP contribution >= 0.6 is 0 Å². The molecule has 1 atom stereocenters. The summed E-state index contributed by atoms with van der Waals surface area (Å²) in [5.41, 5.74) is 3.76. The molecule has 0 spiro atoms. The summed E-state index contributed by atoms with van der Waals surface area (Å²) < 4.78 is 0. The molecule has 0 aliphatic rings. The molecule has 2 N–H and O–H groups in total. The largest absolute Gasteiger partial charge is 0.478 e. The van der Waals surface area contributed by atoms with Crippen LogP contribution in [0.2, 0.25) is 0 Å². The van der Waals surface area contributed by atoms with E-state index in [9.17, 15) is 15.0 Å². The zero-order valence-corrected chi connectivity index (χ0v) is 12.3. The molecule has 0 saturated heterocycles. The third-order valence-corrected chi connectivity index (χ3v) is 3.79. The van der Waals surface area contributed by atoms with E-state index in [0.29, 0.717) is 5.56 Å². The Labute approximate surface area is 124 Å². The van der Waals surface area contributed by atoms with Crippen molar-refractivity contribution in [1.29, 1.82) is 0 Å². The summed E-state index contributed by atoms with van der Waals surface area (Å²) in [5, 5.41) is 19.8. The number of carboxylic acid groups (broad SMARTS) is 1. The van der Waals surface area contributed by atoms with Crippen LogP contribution in [0.4, 0.5) is 0 Å². The lowest BCUT2D eigenvalue weighted by Gasteiger charge is -2.16. The van der Waals surface area contributed by atoms with Gasteiger partial charge in [-0.3, -0.25) is 0 Å². The Kier molecular flexibility index (Phi) is 4.76. The van der Waals surface area contributed by atoms with Crippen LogP contribution in [-0.2, 0) is 12.8 Å². The molecule has 110 valence electrons. The maximum atomic E-state index is 11.3.